The number of benzene rings is 1. The van der Waals surface area contributed by atoms with Crippen LogP contribution in [0.15, 0.2) is 76.6 Å². The molecule has 0 aliphatic carbocycles. The van der Waals surface area contributed by atoms with Crippen LogP contribution in [0, 0.1) is 24.4 Å². The van der Waals surface area contributed by atoms with E-state index in [2.05, 4.69) is 25.1 Å². The summed E-state index contributed by atoms with van der Waals surface area (Å²) in [4.78, 5) is 49.3. The van der Waals surface area contributed by atoms with Crippen LogP contribution in [0.2, 0.25) is 0 Å². The second-order valence-corrected chi connectivity index (χ2v) is 13.5. The van der Waals surface area contributed by atoms with E-state index in [0.717, 1.165) is 64.6 Å². The Balaban J connectivity index is 0.000000192. The highest BCUT2D eigenvalue weighted by atomic mass is 19.1. The number of rotatable bonds is 8. The van der Waals surface area contributed by atoms with Crippen molar-refractivity contribution in [3.8, 4) is 0 Å². The molecule has 1 amide bonds. The largest absolute Gasteiger partial charge is 0.349 e. The van der Waals surface area contributed by atoms with Crippen molar-refractivity contribution in [1.29, 1.82) is 0 Å². The number of carbonyl (C=O) groups excluding carboxylic acids is 1. The number of nitrogens with one attached hydrogen (secondary N) is 1. The molecule has 7 rings (SSSR count). The number of pyridine rings is 4. The van der Waals surface area contributed by atoms with Crippen LogP contribution >= 0.6 is 0 Å². The fourth-order valence-corrected chi connectivity index (χ4v) is 6.71. The first-order chi connectivity index (χ1) is 25.0. The summed E-state index contributed by atoms with van der Waals surface area (Å²) < 4.78 is 43.8. The average molecular weight is 717 g/mol. The maximum atomic E-state index is 13.7. The third-order valence-corrected chi connectivity index (χ3v) is 9.88. The molecule has 0 spiro atoms. The first kappa shape index (κ1) is 36.9. The molecule has 5 aromatic rings. The molecule has 1 aromatic carbocycles. The number of halogens is 3. The second-order valence-electron chi connectivity index (χ2n) is 13.5. The van der Waals surface area contributed by atoms with Gasteiger partial charge in [-0.05, 0) is 75.5 Å². The van der Waals surface area contributed by atoms with Gasteiger partial charge in [0.2, 0.25) is 0 Å². The highest BCUT2D eigenvalue weighted by Crippen LogP contribution is 2.16. The number of amides is 1. The second kappa shape index (κ2) is 16.6. The van der Waals surface area contributed by atoms with E-state index in [9.17, 15) is 27.6 Å². The Morgan fingerprint density at radius 1 is 0.731 bits per heavy atom. The molecule has 0 saturated carbocycles. The van der Waals surface area contributed by atoms with E-state index >= 15 is 0 Å². The number of carbonyl (C=O) groups is 1. The topological polar surface area (TPSA) is 131 Å². The minimum atomic E-state index is -0.475. The molecule has 2 saturated heterocycles. The Morgan fingerprint density at radius 2 is 1.23 bits per heavy atom. The van der Waals surface area contributed by atoms with E-state index in [-0.39, 0.29) is 28.9 Å². The van der Waals surface area contributed by atoms with E-state index in [4.69, 9.17) is 5.73 Å². The van der Waals surface area contributed by atoms with Crippen molar-refractivity contribution in [3.05, 3.63) is 116 Å². The molecule has 3 N–H and O–H groups in total. The molecule has 0 bridgehead atoms. The van der Waals surface area contributed by atoms with E-state index in [1.165, 1.54) is 36.5 Å². The third kappa shape index (κ3) is 9.11. The van der Waals surface area contributed by atoms with Crippen LogP contribution in [0.4, 0.5) is 13.2 Å². The van der Waals surface area contributed by atoms with Gasteiger partial charge in [-0.3, -0.25) is 24.4 Å². The Kier molecular flexibility index (Phi) is 11.8. The number of piperidine rings is 2. The summed E-state index contributed by atoms with van der Waals surface area (Å²) >= 11 is 0. The van der Waals surface area contributed by atoms with Gasteiger partial charge in [-0.2, -0.15) is 0 Å². The third-order valence-electron chi connectivity index (χ3n) is 9.88. The van der Waals surface area contributed by atoms with Crippen molar-refractivity contribution in [3.63, 3.8) is 0 Å². The predicted molar refractivity (Wildman–Crippen MR) is 194 cm³/mol. The van der Waals surface area contributed by atoms with E-state index < -0.39 is 11.6 Å². The van der Waals surface area contributed by atoms with Gasteiger partial charge in [0.1, 0.15) is 17.5 Å². The number of nitrogens with zero attached hydrogens (tertiary/aromatic N) is 6. The monoisotopic (exact) mass is 716 g/mol. The van der Waals surface area contributed by atoms with Crippen LogP contribution in [-0.2, 0) is 13.1 Å². The molecule has 2 fully saturated rings. The molecule has 274 valence electrons. The standard InChI is InChI=1S/C23H24F2N4O2.C15H19FN4O/c1-15-2-3-16(12-19(15)25)23(31)27-18-6-8-28(9-7-18)10-11-29-21-13-17(24)14-26-20(21)4-5-22(29)30;16-11-9-14-13(18-10-11)1-2-15(21)20(14)8-7-19-5-3-12(17)4-6-19/h2-5,12-14,18H,6-11H2,1H3,(H,27,31);1-2,9-10,12H,3-8,17H2. The van der Waals surface area contributed by atoms with Crippen molar-refractivity contribution < 1.29 is 18.0 Å². The molecule has 6 heterocycles. The first-order valence-electron chi connectivity index (χ1n) is 17.6. The van der Waals surface area contributed by atoms with Crippen molar-refractivity contribution >= 4 is 28.0 Å². The van der Waals surface area contributed by atoms with Crippen LogP contribution in [0.3, 0.4) is 0 Å². The lowest BCUT2D eigenvalue weighted by molar-refractivity contribution is 0.0909. The van der Waals surface area contributed by atoms with Gasteiger partial charge >= 0.3 is 0 Å². The maximum absolute atomic E-state index is 13.7. The van der Waals surface area contributed by atoms with Gasteiger partial charge in [-0.1, -0.05) is 6.07 Å². The summed E-state index contributed by atoms with van der Waals surface area (Å²) in [6.07, 6.45) is 5.81. The first-order valence-corrected chi connectivity index (χ1v) is 17.6. The van der Waals surface area contributed by atoms with Crippen LogP contribution < -0.4 is 22.2 Å². The lowest BCUT2D eigenvalue weighted by atomic mass is 10.0. The number of aryl methyl sites for hydroxylation is 1. The van der Waals surface area contributed by atoms with Crippen molar-refractivity contribution in [2.75, 3.05) is 39.3 Å². The Labute approximate surface area is 298 Å². The van der Waals surface area contributed by atoms with Crippen molar-refractivity contribution in [2.24, 2.45) is 5.73 Å². The summed E-state index contributed by atoms with van der Waals surface area (Å²) in [6, 6.07) is 13.7. The zero-order chi connectivity index (χ0) is 36.8. The van der Waals surface area contributed by atoms with Crippen LogP contribution in [0.25, 0.3) is 22.1 Å². The zero-order valence-corrected chi connectivity index (χ0v) is 29.1. The number of aromatic nitrogens is 4. The smallest absolute Gasteiger partial charge is 0.251 e. The van der Waals surface area contributed by atoms with Crippen molar-refractivity contribution in [2.45, 2.75) is 57.8 Å². The Hall–Kier alpha value is -4.92. The molecule has 11 nitrogen and oxygen atoms in total. The molecule has 0 unspecified atom stereocenters. The predicted octanol–water partition coefficient (Wildman–Crippen LogP) is 3.84. The molecule has 0 atom stereocenters. The van der Waals surface area contributed by atoms with Crippen LogP contribution in [0.5, 0.6) is 0 Å². The number of hydrogen-bond donors (Lipinski definition) is 2. The van der Waals surface area contributed by atoms with Crippen molar-refractivity contribution in [1.82, 2.24) is 34.2 Å². The van der Waals surface area contributed by atoms with Gasteiger partial charge < -0.3 is 30.0 Å². The van der Waals surface area contributed by atoms with E-state index in [1.807, 2.05) is 0 Å². The lowest BCUT2D eigenvalue weighted by Gasteiger charge is -2.32. The minimum Gasteiger partial charge on any atom is -0.349 e. The van der Waals surface area contributed by atoms with Gasteiger partial charge in [0.05, 0.1) is 34.5 Å². The van der Waals surface area contributed by atoms with Gasteiger partial charge in [-0.15, -0.1) is 0 Å². The van der Waals surface area contributed by atoms with Gasteiger partial charge in [-0.25, -0.2) is 13.2 Å². The summed E-state index contributed by atoms with van der Waals surface area (Å²) in [6.45, 7) is 7.46. The highest BCUT2D eigenvalue weighted by Gasteiger charge is 2.22. The summed E-state index contributed by atoms with van der Waals surface area (Å²) in [5.74, 6) is -1.56. The van der Waals surface area contributed by atoms with Crippen LogP contribution in [-0.4, -0.2) is 86.2 Å². The molecular weight excluding hydrogens is 673 g/mol. The molecule has 14 heteroatoms. The zero-order valence-electron chi connectivity index (χ0n) is 29.1. The normalized spacial score (nSPS) is 16.2. The van der Waals surface area contributed by atoms with Gasteiger partial charge in [0.15, 0.2) is 0 Å². The average Bonchev–Trinajstić information content (AvgIpc) is 3.13. The number of fused-ring (bicyclic) bond motifs is 2. The summed E-state index contributed by atoms with van der Waals surface area (Å²) in [5.41, 5.74) is 8.66. The number of likely N-dealkylation sites (tertiary alicyclic amines) is 2. The van der Waals surface area contributed by atoms with E-state index in [0.29, 0.717) is 58.9 Å². The molecule has 2 aliphatic rings. The molecule has 2 aliphatic heterocycles. The van der Waals surface area contributed by atoms with Crippen LogP contribution in [0.1, 0.15) is 41.6 Å². The Bertz CT molecular complexity index is 2160. The number of nitrogens with two attached hydrogens (primary N) is 1. The van der Waals surface area contributed by atoms with Gasteiger partial charge in [0.25, 0.3) is 17.0 Å². The summed E-state index contributed by atoms with van der Waals surface area (Å²) in [7, 11) is 0. The fraction of sp³-hybridized carbons (Fsp3) is 0.395. The van der Waals surface area contributed by atoms with Gasteiger partial charge in [0, 0.05) is 81.2 Å². The quantitative estimate of drug-likeness (QED) is 0.248. The number of hydrogen-bond acceptors (Lipinski definition) is 8. The maximum Gasteiger partial charge on any atom is 0.251 e. The minimum absolute atomic E-state index is 0.0201. The fourth-order valence-electron chi connectivity index (χ4n) is 6.71. The molecule has 52 heavy (non-hydrogen) atoms. The molecule has 4 aromatic heterocycles. The highest BCUT2D eigenvalue weighted by molar-refractivity contribution is 5.94. The summed E-state index contributed by atoms with van der Waals surface area (Å²) in [5, 5.41) is 2.98. The SMILES string of the molecule is Cc1ccc(C(=O)NC2CCN(CCn3c(=O)ccc4ncc(F)cc43)CC2)cc1F.NC1CCN(CCn2c(=O)ccc3ncc(F)cc32)CC1. The molecule has 0 radical (unpaired) electrons. The van der Waals surface area contributed by atoms with E-state index in [1.54, 1.807) is 40.3 Å². The lowest BCUT2D eigenvalue weighted by Crippen LogP contribution is -2.45. The molecular formula is C38H43F3N8O3. The Morgan fingerprint density at radius 3 is 1.73 bits per heavy atom.